The highest BCUT2D eigenvalue weighted by molar-refractivity contribution is 5.92. The first-order valence-electron chi connectivity index (χ1n) is 6.92. The van der Waals surface area contributed by atoms with Crippen molar-refractivity contribution < 1.29 is 14.3 Å². The van der Waals surface area contributed by atoms with Crippen molar-refractivity contribution in [2.45, 2.75) is 26.4 Å². The normalized spacial score (nSPS) is 11.4. The number of benzene rings is 1. The zero-order valence-electron chi connectivity index (χ0n) is 12.8. The van der Waals surface area contributed by atoms with E-state index in [4.69, 9.17) is 9.47 Å². The van der Waals surface area contributed by atoms with Crippen LogP contribution < -0.4 is 15.4 Å². The number of methoxy groups -OCH3 is 1. The van der Waals surface area contributed by atoms with Crippen LogP contribution in [0.3, 0.4) is 0 Å². The quantitative estimate of drug-likeness (QED) is 0.687. The summed E-state index contributed by atoms with van der Waals surface area (Å²) in [6.45, 7) is 5.63. The Bertz CT molecular complexity index is 398. The molecule has 120 valence electrons. The van der Waals surface area contributed by atoms with Gasteiger partial charge in [-0.3, -0.25) is 4.79 Å². The van der Waals surface area contributed by atoms with Gasteiger partial charge in [-0.05, 0) is 37.6 Å². The topological polar surface area (TPSA) is 59.6 Å². The van der Waals surface area contributed by atoms with E-state index in [0.717, 1.165) is 17.9 Å². The second-order valence-electron chi connectivity index (χ2n) is 4.58. The van der Waals surface area contributed by atoms with Crippen LogP contribution >= 0.6 is 12.4 Å². The van der Waals surface area contributed by atoms with Crippen LogP contribution in [0.1, 0.15) is 20.3 Å². The highest BCUT2D eigenvalue weighted by Gasteiger charge is 2.03. The van der Waals surface area contributed by atoms with Crippen LogP contribution in [-0.4, -0.2) is 38.8 Å². The minimum Gasteiger partial charge on any atom is -0.491 e. The largest absolute Gasteiger partial charge is 0.491 e. The predicted octanol–water partition coefficient (Wildman–Crippen LogP) is 2.46. The van der Waals surface area contributed by atoms with Crippen LogP contribution in [0.4, 0.5) is 5.69 Å². The molecule has 0 saturated heterocycles. The van der Waals surface area contributed by atoms with Crippen molar-refractivity contribution in [2.24, 2.45) is 0 Å². The third kappa shape index (κ3) is 8.55. The molecule has 0 aliphatic heterocycles. The number of hydrogen-bond donors (Lipinski definition) is 2. The van der Waals surface area contributed by atoms with E-state index in [-0.39, 0.29) is 31.0 Å². The fraction of sp³-hybridized carbons (Fsp3) is 0.533. The van der Waals surface area contributed by atoms with Crippen molar-refractivity contribution in [2.75, 3.05) is 32.1 Å². The first-order chi connectivity index (χ1) is 9.65. The number of nitrogens with one attached hydrogen (secondary N) is 2. The van der Waals surface area contributed by atoms with Crippen LogP contribution in [0.2, 0.25) is 0 Å². The molecule has 1 aromatic rings. The minimum atomic E-state index is -0.0725. The van der Waals surface area contributed by atoms with Gasteiger partial charge in [0.1, 0.15) is 5.75 Å². The van der Waals surface area contributed by atoms with E-state index in [0.29, 0.717) is 13.2 Å². The number of amides is 1. The third-order valence-corrected chi connectivity index (χ3v) is 2.82. The summed E-state index contributed by atoms with van der Waals surface area (Å²) in [5.74, 6) is 0.743. The van der Waals surface area contributed by atoms with Gasteiger partial charge in [0.2, 0.25) is 5.91 Å². The zero-order chi connectivity index (χ0) is 14.8. The fourth-order valence-corrected chi connectivity index (χ4v) is 1.51. The van der Waals surface area contributed by atoms with Gasteiger partial charge < -0.3 is 20.1 Å². The number of carbonyl (C=O) groups excluding carboxylic acids is 1. The van der Waals surface area contributed by atoms with E-state index in [2.05, 4.69) is 17.6 Å². The van der Waals surface area contributed by atoms with Gasteiger partial charge in [0.25, 0.3) is 0 Å². The monoisotopic (exact) mass is 316 g/mol. The molecule has 0 aromatic heterocycles. The molecule has 0 radical (unpaired) electrons. The Hall–Kier alpha value is -1.30. The summed E-state index contributed by atoms with van der Waals surface area (Å²) in [5.41, 5.74) is 0.764. The maximum absolute atomic E-state index is 11.6. The average Bonchev–Trinajstić information content (AvgIpc) is 2.45. The Balaban J connectivity index is 0.00000400. The highest BCUT2D eigenvalue weighted by Crippen LogP contribution is 2.17. The second kappa shape index (κ2) is 11.4. The van der Waals surface area contributed by atoms with Gasteiger partial charge in [-0.1, -0.05) is 6.92 Å². The van der Waals surface area contributed by atoms with Gasteiger partial charge in [0.05, 0.1) is 19.3 Å². The summed E-state index contributed by atoms with van der Waals surface area (Å²) >= 11 is 0. The number of rotatable bonds is 9. The number of carbonyl (C=O) groups is 1. The smallest absolute Gasteiger partial charge is 0.238 e. The van der Waals surface area contributed by atoms with Crippen molar-refractivity contribution >= 4 is 24.0 Å². The first-order valence-corrected chi connectivity index (χ1v) is 6.92. The molecule has 1 unspecified atom stereocenters. The van der Waals surface area contributed by atoms with Gasteiger partial charge in [-0.25, -0.2) is 0 Å². The molecule has 1 aromatic carbocycles. The molecular weight excluding hydrogens is 292 g/mol. The number of halogens is 1. The third-order valence-electron chi connectivity index (χ3n) is 2.82. The first kappa shape index (κ1) is 19.7. The molecule has 2 N–H and O–H groups in total. The van der Waals surface area contributed by atoms with E-state index < -0.39 is 0 Å². The molecule has 1 rings (SSSR count). The minimum absolute atomic E-state index is 0. The molecule has 0 aliphatic rings. The van der Waals surface area contributed by atoms with Gasteiger partial charge in [-0.15, -0.1) is 12.4 Å². The summed E-state index contributed by atoms with van der Waals surface area (Å²) in [4.78, 5) is 11.6. The lowest BCUT2D eigenvalue weighted by atomic mass is 10.2. The summed E-state index contributed by atoms with van der Waals surface area (Å²) in [6, 6.07) is 7.40. The Morgan fingerprint density at radius 2 is 1.95 bits per heavy atom. The molecule has 1 atom stereocenters. The Morgan fingerprint density at radius 3 is 2.52 bits per heavy atom. The Morgan fingerprint density at radius 1 is 1.29 bits per heavy atom. The van der Waals surface area contributed by atoms with Crippen molar-refractivity contribution in [3.8, 4) is 5.75 Å². The Kier molecular flexibility index (Phi) is 10.7. The molecule has 6 heteroatoms. The molecule has 21 heavy (non-hydrogen) atoms. The molecule has 5 nitrogen and oxygen atoms in total. The van der Waals surface area contributed by atoms with Gasteiger partial charge in [0.15, 0.2) is 0 Å². The van der Waals surface area contributed by atoms with Gasteiger partial charge in [0, 0.05) is 19.3 Å². The Labute approximate surface area is 132 Å². The van der Waals surface area contributed by atoms with Crippen molar-refractivity contribution in [1.29, 1.82) is 0 Å². The lowest BCUT2D eigenvalue weighted by Gasteiger charge is -2.13. The second-order valence-corrected chi connectivity index (χ2v) is 4.58. The fourth-order valence-electron chi connectivity index (χ4n) is 1.51. The number of hydrogen-bond acceptors (Lipinski definition) is 4. The SMILES string of the molecule is CCC(C)Oc1ccc(NC(=O)CNCCOC)cc1.Cl. The summed E-state index contributed by atoms with van der Waals surface area (Å²) in [6.07, 6.45) is 1.16. The number of ether oxygens (including phenoxy) is 2. The maximum atomic E-state index is 11.6. The zero-order valence-corrected chi connectivity index (χ0v) is 13.7. The molecule has 0 aliphatic carbocycles. The summed E-state index contributed by atoms with van der Waals surface area (Å²) in [5, 5.41) is 5.81. The molecule has 0 saturated carbocycles. The van der Waals surface area contributed by atoms with E-state index >= 15 is 0 Å². The summed E-state index contributed by atoms with van der Waals surface area (Å²) in [7, 11) is 1.63. The van der Waals surface area contributed by atoms with E-state index in [1.807, 2.05) is 31.2 Å². The molecule has 0 bridgehead atoms. The van der Waals surface area contributed by atoms with Crippen LogP contribution in [0.5, 0.6) is 5.75 Å². The molecule has 0 spiro atoms. The van der Waals surface area contributed by atoms with Crippen LogP contribution in [0, 0.1) is 0 Å². The van der Waals surface area contributed by atoms with Crippen LogP contribution in [0.15, 0.2) is 24.3 Å². The van der Waals surface area contributed by atoms with Gasteiger partial charge >= 0.3 is 0 Å². The summed E-state index contributed by atoms with van der Waals surface area (Å²) < 4.78 is 10.6. The molecule has 0 heterocycles. The molecular formula is C15H25ClN2O3. The molecule has 0 fully saturated rings. The molecule has 1 amide bonds. The lowest BCUT2D eigenvalue weighted by Crippen LogP contribution is -2.30. The van der Waals surface area contributed by atoms with Crippen molar-refractivity contribution in [3.05, 3.63) is 24.3 Å². The maximum Gasteiger partial charge on any atom is 0.238 e. The van der Waals surface area contributed by atoms with E-state index in [9.17, 15) is 4.79 Å². The highest BCUT2D eigenvalue weighted by atomic mass is 35.5. The number of anilines is 1. The predicted molar refractivity (Wildman–Crippen MR) is 87.4 cm³/mol. The van der Waals surface area contributed by atoms with E-state index in [1.165, 1.54) is 0 Å². The van der Waals surface area contributed by atoms with E-state index in [1.54, 1.807) is 7.11 Å². The average molecular weight is 317 g/mol. The standard InChI is InChI=1S/C15H24N2O3.ClH/c1-4-12(2)20-14-7-5-13(6-8-14)17-15(18)11-16-9-10-19-3;/h5-8,12,16H,4,9-11H2,1-3H3,(H,17,18);1H. The van der Waals surface area contributed by atoms with Crippen LogP contribution in [-0.2, 0) is 9.53 Å². The van der Waals surface area contributed by atoms with Gasteiger partial charge in [-0.2, -0.15) is 0 Å². The van der Waals surface area contributed by atoms with Crippen LogP contribution in [0.25, 0.3) is 0 Å². The van der Waals surface area contributed by atoms with Crippen molar-refractivity contribution in [1.82, 2.24) is 5.32 Å². The lowest BCUT2D eigenvalue weighted by molar-refractivity contribution is -0.115. The van der Waals surface area contributed by atoms with Crippen molar-refractivity contribution in [3.63, 3.8) is 0 Å².